The monoisotopic (exact) mass is 309 g/mol. The predicted octanol–water partition coefficient (Wildman–Crippen LogP) is 3.84. The fourth-order valence-electron chi connectivity index (χ4n) is 3.39. The molecule has 2 nitrogen and oxygen atoms in total. The quantitative estimate of drug-likeness (QED) is 0.823. The van der Waals surface area contributed by atoms with Crippen molar-refractivity contribution < 1.29 is 4.74 Å². The predicted molar refractivity (Wildman–Crippen MR) is 77.0 cm³/mol. The Morgan fingerprint density at radius 1 is 1.22 bits per heavy atom. The number of nitrogens with zero attached hydrogens (tertiary/aromatic N) is 1. The van der Waals surface area contributed by atoms with Gasteiger partial charge in [-0.2, -0.15) is 0 Å². The standard InChI is InChI=1S/C15H20BrNO/c1-17-12-5-3-6-13(17)10-15(9-12)18-14-7-2-4-11(16)8-14/h2,4,7-8,12-13,15H,3,5-6,9-10H2,1H3. The molecule has 0 amide bonds. The summed E-state index contributed by atoms with van der Waals surface area (Å²) >= 11 is 3.50. The Morgan fingerprint density at radius 3 is 2.61 bits per heavy atom. The molecule has 98 valence electrons. The Balaban J connectivity index is 1.68. The smallest absolute Gasteiger partial charge is 0.120 e. The number of rotatable bonds is 2. The van der Waals surface area contributed by atoms with E-state index >= 15 is 0 Å². The highest BCUT2D eigenvalue weighted by atomic mass is 79.9. The zero-order valence-electron chi connectivity index (χ0n) is 10.8. The Labute approximate surface area is 117 Å². The zero-order valence-corrected chi connectivity index (χ0v) is 12.4. The van der Waals surface area contributed by atoms with Gasteiger partial charge in [0.15, 0.2) is 0 Å². The van der Waals surface area contributed by atoms with Gasteiger partial charge in [0.25, 0.3) is 0 Å². The van der Waals surface area contributed by atoms with Crippen molar-refractivity contribution >= 4 is 15.9 Å². The molecule has 2 saturated heterocycles. The molecule has 3 heteroatoms. The van der Waals surface area contributed by atoms with Gasteiger partial charge in [0, 0.05) is 16.6 Å². The number of ether oxygens (including phenoxy) is 1. The van der Waals surface area contributed by atoms with Crippen LogP contribution in [0.2, 0.25) is 0 Å². The molecule has 0 aromatic heterocycles. The van der Waals surface area contributed by atoms with E-state index in [1.807, 2.05) is 12.1 Å². The van der Waals surface area contributed by atoms with E-state index in [9.17, 15) is 0 Å². The largest absolute Gasteiger partial charge is 0.490 e. The maximum atomic E-state index is 6.16. The summed E-state index contributed by atoms with van der Waals surface area (Å²) in [4.78, 5) is 2.57. The lowest BCUT2D eigenvalue weighted by atomic mass is 9.83. The summed E-state index contributed by atoms with van der Waals surface area (Å²) in [6.07, 6.45) is 6.82. The molecule has 1 aromatic carbocycles. The minimum Gasteiger partial charge on any atom is -0.490 e. The molecule has 2 bridgehead atoms. The average Bonchev–Trinajstić information content (AvgIpc) is 2.30. The molecule has 0 radical (unpaired) electrons. The van der Waals surface area contributed by atoms with Gasteiger partial charge < -0.3 is 9.64 Å². The van der Waals surface area contributed by atoms with Gasteiger partial charge >= 0.3 is 0 Å². The lowest BCUT2D eigenvalue weighted by Crippen LogP contribution is -2.52. The molecular weight excluding hydrogens is 290 g/mol. The highest BCUT2D eigenvalue weighted by Crippen LogP contribution is 2.34. The highest BCUT2D eigenvalue weighted by molar-refractivity contribution is 9.10. The third kappa shape index (κ3) is 2.57. The summed E-state index contributed by atoms with van der Waals surface area (Å²) < 4.78 is 7.26. The van der Waals surface area contributed by atoms with Gasteiger partial charge in [-0.05, 0) is 50.9 Å². The number of fused-ring (bicyclic) bond motifs is 2. The van der Waals surface area contributed by atoms with Crippen molar-refractivity contribution in [2.45, 2.75) is 50.3 Å². The molecule has 0 saturated carbocycles. The number of benzene rings is 1. The maximum absolute atomic E-state index is 6.16. The van der Waals surface area contributed by atoms with Crippen LogP contribution in [0.15, 0.2) is 28.7 Å². The molecule has 2 aliphatic heterocycles. The maximum Gasteiger partial charge on any atom is 0.120 e. The number of hydrogen-bond acceptors (Lipinski definition) is 2. The van der Waals surface area contributed by atoms with Gasteiger partial charge in [-0.25, -0.2) is 0 Å². The van der Waals surface area contributed by atoms with Crippen molar-refractivity contribution in [3.8, 4) is 5.75 Å². The molecule has 2 atom stereocenters. The minimum atomic E-state index is 0.394. The molecule has 0 spiro atoms. The summed E-state index contributed by atoms with van der Waals surface area (Å²) in [5.41, 5.74) is 0. The van der Waals surface area contributed by atoms with Crippen LogP contribution < -0.4 is 4.74 Å². The van der Waals surface area contributed by atoms with E-state index in [2.05, 4.69) is 40.0 Å². The lowest BCUT2D eigenvalue weighted by Gasteiger charge is -2.46. The average molecular weight is 310 g/mol. The SMILES string of the molecule is CN1C2CCCC1CC(Oc1cccc(Br)c1)C2. The van der Waals surface area contributed by atoms with Crippen LogP contribution >= 0.6 is 15.9 Å². The summed E-state index contributed by atoms with van der Waals surface area (Å²) in [5, 5.41) is 0. The van der Waals surface area contributed by atoms with Crippen LogP contribution in [0.4, 0.5) is 0 Å². The molecule has 2 aliphatic rings. The summed E-state index contributed by atoms with van der Waals surface area (Å²) in [5.74, 6) is 0.997. The number of piperidine rings is 2. The molecule has 1 aromatic rings. The van der Waals surface area contributed by atoms with Gasteiger partial charge in [-0.15, -0.1) is 0 Å². The second-order valence-electron chi connectivity index (χ2n) is 5.57. The number of hydrogen-bond donors (Lipinski definition) is 0. The Bertz CT molecular complexity index is 409. The molecule has 0 aliphatic carbocycles. The van der Waals surface area contributed by atoms with Crippen LogP contribution in [0.5, 0.6) is 5.75 Å². The van der Waals surface area contributed by atoms with Crippen LogP contribution in [0.25, 0.3) is 0 Å². The molecule has 2 heterocycles. The molecule has 2 unspecified atom stereocenters. The van der Waals surface area contributed by atoms with Crippen molar-refractivity contribution in [3.05, 3.63) is 28.7 Å². The first-order chi connectivity index (χ1) is 8.72. The molecule has 2 fully saturated rings. The van der Waals surface area contributed by atoms with Crippen LogP contribution in [-0.4, -0.2) is 30.1 Å². The Hall–Kier alpha value is -0.540. The van der Waals surface area contributed by atoms with Gasteiger partial charge in [-0.3, -0.25) is 0 Å². The lowest BCUT2D eigenvalue weighted by molar-refractivity contribution is 0.000123. The van der Waals surface area contributed by atoms with Gasteiger partial charge in [0.05, 0.1) is 0 Å². The van der Waals surface area contributed by atoms with E-state index in [0.717, 1.165) is 22.3 Å². The third-order valence-electron chi connectivity index (χ3n) is 4.40. The fourth-order valence-corrected chi connectivity index (χ4v) is 3.77. The molecule has 0 N–H and O–H groups in total. The first-order valence-electron chi connectivity index (χ1n) is 6.86. The summed E-state index contributed by atoms with van der Waals surface area (Å²) in [6.45, 7) is 0. The number of halogens is 1. The summed E-state index contributed by atoms with van der Waals surface area (Å²) in [7, 11) is 2.28. The first-order valence-corrected chi connectivity index (χ1v) is 7.66. The fraction of sp³-hybridized carbons (Fsp3) is 0.600. The van der Waals surface area contributed by atoms with E-state index in [0.29, 0.717) is 6.10 Å². The van der Waals surface area contributed by atoms with E-state index in [1.165, 1.54) is 32.1 Å². The topological polar surface area (TPSA) is 12.5 Å². The van der Waals surface area contributed by atoms with Crippen LogP contribution in [0.3, 0.4) is 0 Å². The minimum absolute atomic E-state index is 0.394. The highest BCUT2D eigenvalue weighted by Gasteiger charge is 2.36. The second-order valence-corrected chi connectivity index (χ2v) is 6.49. The van der Waals surface area contributed by atoms with E-state index < -0.39 is 0 Å². The van der Waals surface area contributed by atoms with Crippen LogP contribution in [0, 0.1) is 0 Å². The Kier molecular flexibility index (Phi) is 3.62. The van der Waals surface area contributed by atoms with Crippen molar-refractivity contribution in [2.24, 2.45) is 0 Å². The molecular formula is C15H20BrNO. The summed E-state index contributed by atoms with van der Waals surface area (Å²) in [6, 6.07) is 9.66. The molecule has 18 heavy (non-hydrogen) atoms. The van der Waals surface area contributed by atoms with Crippen molar-refractivity contribution in [3.63, 3.8) is 0 Å². The zero-order chi connectivity index (χ0) is 12.5. The normalized spacial score (nSPS) is 32.2. The van der Waals surface area contributed by atoms with Gasteiger partial charge in [0.1, 0.15) is 11.9 Å². The van der Waals surface area contributed by atoms with E-state index in [1.54, 1.807) is 0 Å². The van der Waals surface area contributed by atoms with Crippen LogP contribution in [0.1, 0.15) is 32.1 Å². The Morgan fingerprint density at radius 2 is 1.94 bits per heavy atom. The van der Waals surface area contributed by atoms with E-state index in [4.69, 9.17) is 4.74 Å². The van der Waals surface area contributed by atoms with Crippen molar-refractivity contribution in [2.75, 3.05) is 7.05 Å². The van der Waals surface area contributed by atoms with Gasteiger partial charge in [0.2, 0.25) is 0 Å². The first kappa shape index (κ1) is 12.5. The van der Waals surface area contributed by atoms with Gasteiger partial charge in [-0.1, -0.05) is 28.4 Å². The third-order valence-corrected chi connectivity index (χ3v) is 4.89. The van der Waals surface area contributed by atoms with Crippen LogP contribution in [-0.2, 0) is 0 Å². The van der Waals surface area contributed by atoms with Crippen molar-refractivity contribution in [1.82, 2.24) is 4.90 Å². The second kappa shape index (κ2) is 5.22. The molecule has 3 rings (SSSR count). The van der Waals surface area contributed by atoms with Crippen molar-refractivity contribution in [1.29, 1.82) is 0 Å². The van der Waals surface area contributed by atoms with E-state index in [-0.39, 0.29) is 0 Å².